The first kappa shape index (κ1) is 19.8. The molecule has 0 N–H and O–H groups in total. The minimum absolute atomic E-state index is 0.0910. The van der Waals surface area contributed by atoms with Gasteiger partial charge in [0.15, 0.2) is 5.16 Å². The molecule has 152 valence electrons. The summed E-state index contributed by atoms with van der Waals surface area (Å²) in [6.45, 7) is -2.10. The van der Waals surface area contributed by atoms with Gasteiger partial charge in [-0.15, -0.1) is 0 Å². The molecule has 0 spiro atoms. The third kappa shape index (κ3) is 4.42. The molecule has 29 heavy (non-hydrogen) atoms. The van der Waals surface area contributed by atoms with E-state index in [0.717, 1.165) is 23.8 Å². The molecule has 0 aliphatic heterocycles. The fourth-order valence-electron chi connectivity index (χ4n) is 3.60. The molecule has 0 fully saturated rings. The van der Waals surface area contributed by atoms with Gasteiger partial charge in [0.25, 0.3) is 5.56 Å². The molecule has 4 rings (SSSR count). The maximum atomic E-state index is 13.1. The van der Waals surface area contributed by atoms with E-state index >= 15 is 0 Å². The highest BCUT2D eigenvalue weighted by atomic mass is 32.2. The molecule has 5 nitrogen and oxygen atoms in total. The van der Waals surface area contributed by atoms with E-state index in [0.29, 0.717) is 22.6 Å². The lowest BCUT2D eigenvalue weighted by Gasteiger charge is -2.16. The highest BCUT2D eigenvalue weighted by Crippen LogP contribution is 2.25. The fourth-order valence-corrected chi connectivity index (χ4v) is 4.58. The van der Waals surface area contributed by atoms with Crippen molar-refractivity contribution in [3.05, 3.63) is 64.5 Å². The lowest BCUT2D eigenvalue weighted by Crippen LogP contribution is -2.24. The molecule has 1 aliphatic rings. The molecule has 0 saturated heterocycles. The number of benzene rings is 1. The fraction of sp³-hybridized carbons (Fsp3) is 0.381. The largest absolute Gasteiger partial charge is 0.319 e. The van der Waals surface area contributed by atoms with E-state index in [1.165, 1.54) is 42.6 Å². The van der Waals surface area contributed by atoms with E-state index in [9.17, 15) is 13.6 Å². The van der Waals surface area contributed by atoms with Crippen LogP contribution in [0.4, 0.5) is 8.78 Å². The molecule has 0 atom stereocenters. The van der Waals surface area contributed by atoms with Gasteiger partial charge in [-0.05, 0) is 44.2 Å². The normalized spacial score (nSPS) is 14.5. The van der Waals surface area contributed by atoms with Crippen LogP contribution in [0.1, 0.15) is 44.5 Å². The second kappa shape index (κ2) is 8.90. The number of nitrogens with zero attached hydrogens (tertiary/aromatic N) is 4. The Morgan fingerprint density at radius 2 is 2.07 bits per heavy atom. The van der Waals surface area contributed by atoms with Crippen molar-refractivity contribution in [1.82, 2.24) is 19.1 Å². The summed E-state index contributed by atoms with van der Waals surface area (Å²) in [5.74, 6) is 0.471. The summed E-state index contributed by atoms with van der Waals surface area (Å²) in [7, 11) is 0. The number of halogens is 2. The van der Waals surface area contributed by atoms with E-state index in [1.54, 1.807) is 16.7 Å². The highest BCUT2D eigenvalue weighted by molar-refractivity contribution is 7.98. The Labute approximate surface area is 171 Å². The standard InChI is InChI=1S/C21H22F2N4OS/c22-20(23)26-13-11-24-18(26)14-29-21-25-17-9-5-4-8-16(17)19(28)27(21)12-10-15-6-2-1-3-7-15/h4-6,8-9,11,13,20H,1-3,7,10,12,14H2. The van der Waals surface area contributed by atoms with Crippen LogP contribution >= 0.6 is 11.8 Å². The van der Waals surface area contributed by atoms with Crippen LogP contribution in [0.3, 0.4) is 0 Å². The van der Waals surface area contributed by atoms with Crippen molar-refractivity contribution < 1.29 is 8.78 Å². The minimum Gasteiger partial charge on any atom is -0.287 e. The van der Waals surface area contributed by atoms with Crippen LogP contribution in [0.25, 0.3) is 10.9 Å². The maximum absolute atomic E-state index is 13.1. The molecule has 2 heterocycles. The number of imidazole rings is 1. The van der Waals surface area contributed by atoms with Crippen molar-refractivity contribution in [2.75, 3.05) is 0 Å². The average Bonchev–Trinajstić information content (AvgIpc) is 3.21. The van der Waals surface area contributed by atoms with Gasteiger partial charge in [0.1, 0.15) is 5.82 Å². The number of para-hydroxylation sites is 1. The van der Waals surface area contributed by atoms with Gasteiger partial charge in [0.2, 0.25) is 0 Å². The first-order valence-corrected chi connectivity index (χ1v) is 10.7. The molecule has 0 amide bonds. The Hall–Kier alpha value is -2.48. The lowest BCUT2D eigenvalue weighted by molar-refractivity contribution is 0.0678. The van der Waals surface area contributed by atoms with Crippen LogP contribution in [0.2, 0.25) is 0 Å². The number of alkyl halides is 2. The lowest BCUT2D eigenvalue weighted by atomic mass is 9.97. The molecular formula is C21H22F2N4OS. The predicted octanol–water partition coefficient (Wildman–Crippen LogP) is 5.17. The van der Waals surface area contributed by atoms with E-state index in [1.807, 2.05) is 12.1 Å². The Bertz CT molecular complexity index is 1090. The summed E-state index contributed by atoms with van der Waals surface area (Å²) in [5.41, 5.74) is 1.90. The Morgan fingerprint density at radius 1 is 1.21 bits per heavy atom. The molecule has 0 saturated carbocycles. The summed E-state index contributed by atoms with van der Waals surface area (Å²) in [6, 6.07) is 7.24. The first-order valence-electron chi connectivity index (χ1n) is 9.73. The molecule has 0 unspecified atom stereocenters. The van der Waals surface area contributed by atoms with Crippen molar-refractivity contribution >= 4 is 22.7 Å². The summed E-state index contributed by atoms with van der Waals surface area (Å²) in [6.07, 6.45) is 10.3. The maximum Gasteiger partial charge on any atom is 0.319 e. The average molecular weight is 416 g/mol. The van der Waals surface area contributed by atoms with Gasteiger partial charge >= 0.3 is 6.55 Å². The molecule has 8 heteroatoms. The second-order valence-corrected chi connectivity index (χ2v) is 7.99. The third-order valence-electron chi connectivity index (χ3n) is 5.16. The number of hydrogen-bond acceptors (Lipinski definition) is 4. The zero-order valence-corrected chi connectivity index (χ0v) is 16.7. The zero-order valence-electron chi connectivity index (χ0n) is 15.9. The van der Waals surface area contributed by atoms with Gasteiger partial charge in [0.05, 0.1) is 16.7 Å². The second-order valence-electron chi connectivity index (χ2n) is 7.04. The number of fused-ring (bicyclic) bond motifs is 1. The van der Waals surface area contributed by atoms with Gasteiger partial charge in [-0.3, -0.25) is 13.9 Å². The van der Waals surface area contributed by atoms with Crippen LogP contribution in [-0.4, -0.2) is 19.1 Å². The van der Waals surface area contributed by atoms with Crippen molar-refractivity contribution in [2.24, 2.45) is 0 Å². The summed E-state index contributed by atoms with van der Waals surface area (Å²) in [5, 5.41) is 1.11. The van der Waals surface area contributed by atoms with E-state index in [-0.39, 0.29) is 17.1 Å². The molecular weight excluding hydrogens is 394 g/mol. The first-order chi connectivity index (χ1) is 14.1. The summed E-state index contributed by atoms with van der Waals surface area (Å²) >= 11 is 1.27. The third-order valence-corrected chi connectivity index (χ3v) is 6.13. The molecule has 0 radical (unpaired) electrons. The molecule has 2 aromatic heterocycles. The van der Waals surface area contributed by atoms with Crippen LogP contribution in [0, 0.1) is 0 Å². The van der Waals surface area contributed by atoms with Crippen molar-refractivity contribution in [3.8, 4) is 0 Å². The Morgan fingerprint density at radius 3 is 2.86 bits per heavy atom. The smallest absolute Gasteiger partial charge is 0.287 e. The summed E-state index contributed by atoms with van der Waals surface area (Å²) < 4.78 is 28.7. The monoisotopic (exact) mass is 416 g/mol. The number of aromatic nitrogens is 4. The minimum atomic E-state index is -2.64. The molecule has 1 aromatic carbocycles. The van der Waals surface area contributed by atoms with E-state index < -0.39 is 6.55 Å². The topological polar surface area (TPSA) is 52.7 Å². The summed E-state index contributed by atoms with van der Waals surface area (Å²) in [4.78, 5) is 21.8. The molecule has 1 aliphatic carbocycles. The Balaban J connectivity index is 1.64. The van der Waals surface area contributed by atoms with Crippen molar-refractivity contribution in [1.29, 1.82) is 0 Å². The van der Waals surface area contributed by atoms with Crippen LogP contribution in [0.5, 0.6) is 0 Å². The van der Waals surface area contributed by atoms with E-state index in [4.69, 9.17) is 0 Å². The van der Waals surface area contributed by atoms with Gasteiger partial charge < -0.3 is 0 Å². The van der Waals surface area contributed by atoms with Crippen molar-refractivity contribution in [2.45, 2.75) is 56.1 Å². The van der Waals surface area contributed by atoms with Crippen LogP contribution in [-0.2, 0) is 12.3 Å². The quantitative estimate of drug-likeness (QED) is 0.303. The SMILES string of the molecule is O=c1c2ccccc2nc(SCc2nccn2C(F)F)n1CCC1=CCCCC1. The van der Waals surface area contributed by atoms with Gasteiger partial charge in [-0.25, -0.2) is 9.97 Å². The Kier molecular flexibility index (Phi) is 6.08. The number of rotatable bonds is 7. The van der Waals surface area contributed by atoms with Crippen LogP contribution < -0.4 is 5.56 Å². The molecule has 3 aromatic rings. The number of allylic oxidation sites excluding steroid dienone is 2. The van der Waals surface area contributed by atoms with Gasteiger partial charge in [-0.1, -0.05) is 35.5 Å². The number of thioether (sulfide) groups is 1. The highest BCUT2D eigenvalue weighted by Gasteiger charge is 2.16. The molecule has 0 bridgehead atoms. The predicted molar refractivity (Wildman–Crippen MR) is 110 cm³/mol. The van der Waals surface area contributed by atoms with Gasteiger partial charge in [-0.2, -0.15) is 8.78 Å². The number of hydrogen-bond donors (Lipinski definition) is 0. The van der Waals surface area contributed by atoms with Crippen LogP contribution in [0.15, 0.2) is 58.3 Å². The zero-order chi connectivity index (χ0) is 20.2. The van der Waals surface area contributed by atoms with E-state index in [2.05, 4.69) is 16.0 Å². The van der Waals surface area contributed by atoms with Crippen molar-refractivity contribution in [3.63, 3.8) is 0 Å². The van der Waals surface area contributed by atoms with Gasteiger partial charge in [0, 0.05) is 18.9 Å².